The molecule has 9 nitrogen and oxygen atoms in total. The number of rotatable bonds is 58. The number of hydrogen-bond donors (Lipinski definition) is 6. The molecule has 0 aromatic heterocycles. The Morgan fingerprint density at radius 3 is 1.22 bits per heavy atom. The number of aliphatic hydroxyl groups excluding tert-OH is 5. The van der Waals surface area contributed by atoms with E-state index in [1.54, 1.807) is 6.08 Å². The predicted octanol–water partition coefficient (Wildman–Crippen LogP) is 18.0. The lowest BCUT2D eigenvalue weighted by Gasteiger charge is -2.40. The zero-order valence-electron chi connectivity index (χ0n) is 51.4. The van der Waals surface area contributed by atoms with Crippen LogP contribution in [0.15, 0.2) is 72.9 Å². The van der Waals surface area contributed by atoms with E-state index in [-0.39, 0.29) is 12.5 Å². The lowest BCUT2D eigenvalue weighted by molar-refractivity contribution is -0.302. The molecule has 0 aromatic carbocycles. The Morgan fingerprint density at radius 1 is 0.443 bits per heavy atom. The molecule has 0 bridgehead atoms. The fourth-order valence-corrected chi connectivity index (χ4v) is 10.5. The smallest absolute Gasteiger partial charge is 0.220 e. The molecule has 1 saturated heterocycles. The Hall–Kier alpha value is -2.37. The number of hydrogen-bond acceptors (Lipinski definition) is 8. The van der Waals surface area contributed by atoms with Gasteiger partial charge in [0.2, 0.25) is 5.91 Å². The molecule has 7 atom stereocenters. The van der Waals surface area contributed by atoms with Crippen LogP contribution in [0.25, 0.3) is 0 Å². The average molecular weight is 1110 g/mol. The number of allylic oxidation sites excluding steroid dienone is 11. The summed E-state index contributed by atoms with van der Waals surface area (Å²) in [5.74, 6) is -0.183. The molecule has 1 aliphatic heterocycles. The maximum atomic E-state index is 13.1. The molecule has 1 aliphatic rings. The van der Waals surface area contributed by atoms with Gasteiger partial charge in [0.1, 0.15) is 24.4 Å². The van der Waals surface area contributed by atoms with E-state index in [2.05, 4.69) is 79.9 Å². The minimum atomic E-state index is -1.57. The van der Waals surface area contributed by atoms with Crippen LogP contribution in [0.3, 0.4) is 0 Å². The molecule has 1 amide bonds. The molecule has 1 heterocycles. The summed E-state index contributed by atoms with van der Waals surface area (Å²) in [7, 11) is 0. The molecule has 9 heteroatoms. The second-order valence-corrected chi connectivity index (χ2v) is 23.2. The van der Waals surface area contributed by atoms with Crippen LogP contribution in [0.4, 0.5) is 0 Å². The average Bonchev–Trinajstić information content (AvgIpc) is 3.46. The van der Waals surface area contributed by atoms with Crippen LogP contribution >= 0.6 is 0 Å². The van der Waals surface area contributed by atoms with Crippen LogP contribution in [0.1, 0.15) is 309 Å². The second-order valence-electron chi connectivity index (χ2n) is 23.2. The van der Waals surface area contributed by atoms with Gasteiger partial charge in [0.25, 0.3) is 0 Å². The van der Waals surface area contributed by atoms with E-state index in [9.17, 15) is 30.3 Å². The van der Waals surface area contributed by atoms with Gasteiger partial charge >= 0.3 is 0 Å². The number of carbonyl (C=O) groups is 1. The minimum Gasteiger partial charge on any atom is -0.394 e. The highest BCUT2D eigenvalue weighted by Crippen LogP contribution is 2.23. The summed E-state index contributed by atoms with van der Waals surface area (Å²) in [6, 6.07) is -0.821. The van der Waals surface area contributed by atoms with Crippen LogP contribution in [-0.4, -0.2) is 87.5 Å². The van der Waals surface area contributed by atoms with Gasteiger partial charge in [0.05, 0.1) is 25.4 Å². The van der Waals surface area contributed by atoms with Crippen molar-refractivity contribution in [3.63, 3.8) is 0 Å². The third-order valence-corrected chi connectivity index (χ3v) is 15.8. The van der Waals surface area contributed by atoms with Crippen LogP contribution < -0.4 is 5.32 Å². The van der Waals surface area contributed by atoms with Crippen molar-refractivity contribution in [1.82, 2.24) is 5.32 Å². The van der Waals surface area contributed by atoms with Gasteiger partial charge in [-0.1, -0.05) is 305 Å². The largest absolute Gasteiger partial charge is 0.394 e. The summed E-state index contributed by atoms with van der Waals surface area (Å²) in [5.41, 5.74) is 0. The summed E-state index contributed by atoms with van der Waals surface area (Å²) >= 11 is 0. The van der Waals surface area contributed by atoms with E-state index in [0.29, 0.717) is 6.42 Å². The topological polar surface area (TPSA) is 149 Å². The monoisotopic (exact) mass is 1110 g/mol. The molecule has 0 radical (unpaired) electrons. The Kier molecular flexibility index (Phi) is 55.6. The molecular formula is C70H127NO8. The summed E-state index contributed by atoms with van der Waals surface area (Å²) in [6.45, 7) is 3.67. The van der Waals surface area contributed by atoms with Crippen molar-refractivity contribution >= 4 is 5.91 Å². The van der Waals surface area contributed by atoms with Gasteiger partial charge in [-0.15, -0.1) is 0 Å². The first-order chi connectivity index (χ1) is 38.8. The number of unbranched alkanes of at least 4 members (excludes halogenated alkanes) is 38. The number of amides is 1. The van der Waals surface area contributed by atoms with E-state index in [1.165, 1.54) is 225 Å². The molecular weight excluding hydrogens is 983 g/mol. The molecule has 0 aromatic rings. The van der Waals surface area contributed by atoms with Crippen molar-refractivity contribution < 1.29 is 39.8 Å². The predicted molar refractivity (Wildman–Crippen MR) is 336 cm³/mol. The minimum absolute atomic E-state index is 0.183. The SMILES string of the molecule is CC/C=C\C/C=C\C/C=C\C/C=C\CCCCCCCCCCCCCCCCCCCCCCCCCCCCCCC(=O)NC(COC1OC(CO)C(O)C(O)C1O)C(O)/C=C/CC/C=C/CCCCCCCCCCC. The van der Waals surface area contributed by atoms with Crippen LogP contribution in [0, 0.1) is 0 Å². The van der Waals surface area contributed by atoms with E-state index < -0.39 is 49.5 Å². The first-order valence-corrected chi connectivity index (χ1v) is 33.7. The summed E-state index contributed by atoms with van der Waals surface area (Å²) in [6.07, 6.45) is 76.0. The fourth-order valence-electron chi connectivity index (χ4n) is 10.5. The van der Waals surface area contributed by atoms with E-state index in [4.69, 9.17) is 9.47 Å². The Bertz CT molecular complexity index is 1470. The third-order valence-electron chi connectivity index (χ3n) is 15.8. The van der Waals surface area contributed by atoms with Gasteiger partial charge in [-0.3, -0.25) is 4.79 Å². The van der Waals surface area contributed by atoms with Crippen LogP contribution in [0.5, 0.6) is 0 Å². The molecule has 460 valence electrons. The third kappa shape index (κ3) is 47.8. The standard InChI is InChI=1S/C70H127NO8/c1-3-5-7-9-11-13-15-17-19-20-21-22-23-24-25-26-27-28-29-30-31-32-33-34-35-36-37-38-39-40-41-42-43-44-46-48-50-52-54-56-58-60-66(74)71-63(62-78-70-69(77)68(76)67(75)65(61-72)79-70)64(73)59-57-55-53-51-49-47-45-18-16-14-12-10-8-6-4-2/h5,7,11,13,17,19,21-22,49,51,57,59,63-65,67-70,72-73,75-77H,3-4,6,8-10,12,14-16,18,20,23-48,50,52-56,58,60-62H2,1-2H3,(H,71,74)/b7-5-,13-11-,19-17-,22-21-,51-49+,59-57+. The van der Waals surface area contributed by atoms with E-state index in [1.807, 2.05) is 6.08 Å². The van der Waals surface area contributed by atoms with Crippen LogP contribution in [-0.2, 0) is 14.3 Å². The van der Waals surface area contributed by atoms with Crippen molar-refractivity contribution in [3.05, 3.63) is 72.9 Å². The molecule has 6 N–H and O–H groups in total. The zero-order chi connectivity index (χ0) is 57.2. The van der Waals surface area contributed by atoms with Gasteiger partial charge in [0, 0.05) is 6.42 Å². The van der Waals surface area contributed by atoms with Gasteiger partial charge in [-0.2, -0.15) is 0 Å². The highest BCUT2D eigenvalue weighted by molar-refractivity contribution is 5.76. The van der Waals surface area contributed by atoms with Gasteiger partial charge < -0.3 is 40.3 Å². The molecule has 1 rings (SSSR count). The lowest BCUT2D eigenvalue weighted by Crippen LogP contribution is -2.60. The Morgan fingerprint density at radius 2 is 0.797 bits per heavy atom. The van der Waals surface area contributed by atoms with Crippen molar-refractivity contribution in [2.24, 2.45) is 0 Å². The fraction of sp³-hybridized carbons (Fsp3) is 0.814. The molecule has 0 spiro atoms. The number of carbonyl (C=O) groups excluding carboxylic acids is 1. The Balaban J connectivity index is 2.03. The van der Waals surface area contributed by atoms with E-state index in [0.717, 1.165) is 64.2 Å². The molecule has 79 heavy (non-hydrogen) atoms. The molecule has 1 fully saturated rings. The molecule has 0 aliphatic carbocycles. The van der Waals surface area contributed by atoms with Crippen molar-refractivity contribution in [1.29, 1.82) is 0 Å². The highest BCUT2D eigenvalue weighted by atomic mass is 16.7. The first-order valence-electron chi connectivity index (χ1n) is 33.7. The molecule has 0 saturated carbocycles. The zero-order valence-corrected chi connectivity index (χ0v) is 51.4. The van der Waals surface area contributed by atoms with Gasteiger partial charge in [-0.25, -0.2) is 0 Å². The van der Waals surface area contributed by atoms with Crippen molar-refractivity contribution in [2.75, 3.05) is 13.2 Å². The number of ether oxygens (including phenoxy) is 2. The van der Waals surface area contributed by atoms with E-state index >= 15 is 0 Å². The second kappa shape index (κ2) is 58.8. The highest BCUT2D eigenvalue weighted by Gasteiger charge is 2.44. The summed E-state index contributed by atoms with van der Waals surface area (Å²) in [5, 5.41) is 54.5. The Labute approximate surface area is 487 Å². The van der Waals surface area contributed by atoms with Crippen molar-refractivity contribution in [3.8, 4) is 0 Å². The maximum Gasteiger partial charge on any atom is 0.220 e. The summed E-state index contributed by atoms with van der Waals surface area (Å²) < 4.78 is 11.3. The van der Waals surface area contributed by atoms with Gasteiger partial charge in [0.15, 0.2) is 6.29 Å². The van der Waals surface area contributed by atoms with Crippen LogP contribution in [0.2, 0.25) is 0 Å². The number of aliphatic hydroxyl groups is 5. The first kappa shape index (κ1) is 74.6. The quantitative estimate of drug-likeness (QED) is 0.0261. The normalized spacial score (nSPS) is 19.0. The molecule has 7 unspecified atom stereocenters. The lowest BCUT2D eigenvalue weighted by atomic mass is 9.99. The van der Waals surface area contributed by atoms with Crippen molar-refractivity contribution in [2.45, 2.75) is 352 Å². The summed E-state index contributed by atoms with van der Waals surface area (Å²) in [4.78, 5) is 13.1. The number of nitrogens with one attached hydrogen (secondary N) is 1. The van der Waals surface area contributed by atoms with Gasteiger partial charge in [-0.05, 0) is 70.6 Å². The maximum absolute atomic E-state index is 13.1.